The van der Waals surface area contributed by atoms with Crippen molar-refractivity contribution in [2.24, 2.45) is 0 Å². The lowest BCUT2D eigenvalue weighted by atomic mass is 10.0. The second-order valence-corrected chi connectivity index (χ2v) is 8.86. The second kappa shape index (κ2) is 20.9. The molecule has 0 aliphatic heterocycles. The van der Waals surface area contributed by atoms with Crippen LogP contribution in [0.5, 0.6) is 0 Å². The average molecular weight is 478 g/mol. The van der Waals surface area contributed by atoms with Crippen LogP contribution >= 0.6 is 0 Å². The van der Waals surface area contributed by atoms with Gasteiger partial charge in [0.2, 0.25) is 0 Å². The first kappa shape index (κ1) is 28.8. The van der Waals surface area contributed by atoms with Crippen LogP contribution in [0, 0.1) is 0 Å². The van der Waals surface area contributed by atoms with Crippen molar-refractivity contribution < 1.29 is 0 Å². The normalized spacial score (nSPS) is 17.0. The van der Waals surface area contributed by atoms with Gasteiger partial charge in [-0.2, -0.15) is 0 Å². The van der Waals surface area contributed by atoms with Crippen molar-refractivity contribution in [3.05, 3.63) is 156 Å². The Kier molecular flexibility index (Phi) is 16.7. The van der Waals surface area contributed by atoms with Crippen LogP contribution in [-0.4, -0.2) is 6.54 Å². The zero-order valence-corrected chi connectivity index (χ0v) is 21.9. The fourth-order valence-corrected chi connectivity index (χ4v) is 3.63. The van der Waals surface area contributed by atoms with Gasteiger partial charge in [-0.3, -0.25) is 0 Å². The smallest absolute Gasteiger partial charge is 0.0205 e. The van der Waals surface area contributed by atoms with Gasteiger partial charge in [0.1, 0.15) is 0 Å². The molecule has 1 aromatic rings. The molecule has 0 heterocycles. The molecule has 2 rings (SSSR count). The van der Waals surface area contributed by atoms with Crippen molar-refractivity contribution in [3.63, 3.8) is 0 Å². The molecule has 0 saturated heterocycles. The van der Waals surface area contributed by atoms with Crippen molar-refractivity contribution in [2.75, 3.05) is 6.54 Å². The fraction of sp³-hybridized carbons (Fsp3) is 0.257. The molecule has 0 amide bonds. The van der Waals surface area contributed by atoms with Crippen LogP contribution in [0.4, 0.5) is 0 Å². The van der Waals surface area contributed by atoms with E-state index in [0.717, 1.165) is 19.5 Å². The molecule has 0 fully saturated rings. The molecule has 188 valence electrons. The first-order valence-electron chi connectivity index (χ1n) is 13.3. The van der Waals surface area contributed by atoms with Crippen molar-refractivity contribution in [3.8, 4) is 0 Å². The highest BCUT2D eigenvalue weighted by Gasteiger charge is 1.95. The molecule has 0 radical (unpaired) electrons. The summed E-state index contributed by atoms with van der Waals surface area (Å²) in [4.78, 5) is 0. The van der Waals surface area contributed by atoms with Gasteiger partial charge in [-0.05, 0) is 43.9 Å². The molecule has 0 bridgehead atoms. The molecule has 1 N–H and O–H groups in total. The summed E-state index contributed by atoms with van der Waals surface area (Å²) in [5, 5.41) is 3.61. The maximum Gasteiger partial charge on any atom is 0.0205 e. The lowest BCUT2D eigenvalue weighted by molar-refractivity contribution is 0.575. The second-order valence-electron chi connectivity index (χ2n) is 8.86. The molecule has 1 aromatic carbocycles. The lowest BCUT2D eigenvalue weighted by Crippen LogP contribution is -2.14. The largest absolute Gasteiger partial charge is 0.313 e. The third-order valence-electron chi connectivity index (χ3n) is 5.66. The molecular formula is C35H43N. The molecule has 1 heteroatoms. The fourth-order valence-electron chi connectivity index (χ4n) is 3.63. The van der Waals surface area contributed by atoms with Crippen LogP contribution in [0.1, 0.15) is 51.0 Å². The summed E-state index contributed by atoms with van der Waals surface area (Å²) in [6, 6.07) is 27.0. The molecule has 1 aliphatic rings. The van der Waals surface area contributed by atoms with Crippen LogP contribution in [0.3, 0.4) is 0 Å². The number of hydrogen-bond acceptors (Lipinski definition) is 1. The van der Waals surface area contributed by atoms with Gasteiger partial charge in [-0.25, -0.2) is 0 Å². The molecular weight excluding hydrogens is 434 g/mol. The predicted molar refractivity (Wildman–Crippen MR) is 160 cm³/mol. The molecule has 0 saturated carbocycles. The zero-order valence-electron chi connectivity index (χ0n) is 21.9. The maximum atomic E-state index is 3.61. The zero-order chi connectivity index (χ0) is 25.4. The Balaban J connectivity index is 1.68. The third kappa shape index (κ3) is 16.2. The number of hydrogen-bond donors (Lipinski definition) is 1. The van der Waals surface area contributed by atoms with Crippen molar-refractivity contribution in [1.29, 1.82) is 0 Å². The van der Waals surface area contributed by atoms with E-state index >= 15 is 0 Å². The summed E-state index contributed by atoms with van der Waals surface area (Å²) in [6.45, 7) is 4.08. The highest BCUT2D eigenvalue weighted by Crippen LogP contribution is 2.13. The standard InChI is InChI=1S/C35H43N/c1-33-24-17-11-9-14-18-26-34(30-23-25-33)27-19-15-10-16-22-31-36-32-35-28-20-12-7-5-3-2-4-6-8-13-21-29-35/h2-9,11-14,17-18,20-21,23-26,28-30,36H,10,15-16,19,22,27,31-32H2,1H3/b3-2?,4-2?,5-3?,6-4?,7-5?,8-6?,11-9-,12-7?,13-8?,14-9?,17-11?,18-14-,20-12?,21-13?,24-17?,25-23?,26-18?,28-20?,29-21?,30-23-,33-24?,33-25?,34-26-,34-30?,35-28?,35-29?. The van der Waals surface area contributed by atoms with E-state index in [9.17, 15) is 0 Å². The first-order valence-corrected chi connectivity index (χ1v) is 13.3. The Morgan fingerprint density at radius 2 is 1.11 bits per heavy atom. The summed E-state index contributed by atoms with van der Waals surface area (Å²) in [5.41, 5.74) is 3.94. The van der Waals surface area contributed by atoms with E-state index in [1.165, 1.54) is 48.8 Å². The summed E-state index contributed by atoms with van der Waals surface area (Å²) < 4.78 is 0. The van der Waals surface area contributed by atoms with Gasteiger partial charge < -0.3 is 5.32 Å². The number of nitrogens with one attached hydrogen (secondary N) is 1. The summed E-state index contributed by atoms with van der Waals surface area (Å²) in [5.74, 6) is 0. The molecule has 1 aliphatic carbocycles. The van der Waals surface area contributed by atoms with Gasteiger partial charge >= 0.3 is 0 Å². The van der Waals surface area contributed by atoms with Crippen LogP contribution in [0.2, 0.25) is 0 Å². The van der Waals surface area contributed by atoms with E-state index in [4.69, 9.17) is 0 Å². The van der Waals surface area contributed by atoms with Crippen molar-refractivity contribution in [2.45, 2.75) is 52.0 Å². The quantitative estimate of drug-likeness (QED) is 0.331. The highest BCUT2D eigenvalue weighted by atomic mass is 14.8. The molecule has 1 nitrogen and oxygen atoms in total. The monoisotopic (exact) mass is 477 g/mol. The van der Waals surface area contributed by atoms with E-state index in [-0.39, 0.29) is 0 Å². The maximum absolute atomic E-state index is 3.61. The lowest BCUT2D eigenvalue weighted by Gasteiger charge is -2.05. The van der Waals surface area contributed by atoms with E-state index in [1.807, 2.05) is 30.3 Å². The van der Waals surface area contributed by atoms with E-state index < -0.39 is 0 Å². The number of rotatable bonds is 10. The Labute approximate surface area is 220 Å². The van der Waals surface area contributed by atoms with Crippen molar-refractivity contribution in [1.82, 2.24) is 5.32 Å². The van der Waals surface area contributed by atoms with Gasteiger partial charge in [0.05, 0.1) is 0 Å². The van der Waals surface area contributed by atoms with Gasteiger partial charge in [-0.1, -0.05) is 164 Å². The molecule has 36 heavy (non-hydrogen) atoms. The highest BCUT2D eigenvalue weighted by molar-refractivity contribution is 5.32. The average Bonchev–Trinajstić information content (AvgIpc) is 2.87. The van der Waals surface area contributed by atoms with Gasteiger partial charge in [-0.15, -0.1) is 0 Å². The van der Waals surface area contributed by atoms with Gasteiger partial charge in [0, 0.05) is 6.54 Å². The van der Waals surface area contributed by atoms with E-state index in [0.29, 0.717) is 0 Å². The SMILES string of the molecule is CC1=C\C=C/C(CCCCCCCNCc2ccccccccccccc2)=C\C=C/C=C\C=C1. The van der Waals surface area contributed by atoms with Crippen LogP contribution in [-0.2, 0) is 6.54 Å². The summed E-state index contributed by atoms with van der Waals surface area (Å²) in [6.07, 6.45) is 28.9. The minimum atomic E-state index is 0.890. The van der Waals surface area contributed by atoms with Crippen LogP contribution in [0.25, 0.3) is 0 Å². The minimum Gasteiger partial charge on any atom is -0.313 e. The third-order valence-corrected chi connectivity index (χ3v) is 5.66. The Morgan fingerprint density at radius 1 is 0.528 bits per heavy atom. The number of allylic oxidation sites excluding steroid dienone is 12. The Morgan fingerprint density at radius 3 is 1.83 bits per heavy atom. The molecule has 0 atom stereocenters. The van der Waals surface area contributed by atoms with E-state index in [1.54, 1.807) is 0 Å². The van der Waals surface area contributed by atoms with Crippen LogP contribution < -0.4 is 5.32 Å². The van der Waals surface area contributed by atoms with Gasteiger partial charge in [0.15, 0.2) is 0 Å². The molecule has 0 spiro atoms. The predicted octanol–water partition coefficient (Wildman–Crippen LogP) is 9.48. The summed E-state index contributed by atoms with van der Waals surface area (Å²) >= 11 is 0. The number of unbranched alkanes of at least 4 members (excludes halogenated alkanes) is 4. The van der Waals surface area contributed by atoms with Crippen molar-refractivity contribution >= 4 is 0 Å². The van der Waals surface area contributed by atoms with E-state index in [2.05, 4.69) is 122 Å². The van der Waals surface area contributed by atoms with Gasteiger partial charge in [0.25, 0.3) is 0 Å². The minimum absolute atomic E-state index is 0.890. The van der Waals surface area contributed by atoms with Crippen LogP contribution in [0.15, 0.2) is 151 Å². The topological polar surface area (TPSA) is 12.0 Å². The first-order chi connectivity index (χ1) is 17.8. The Bertz CT molecular complexity index is 998. The Hall–Kier alpha value is -3.42. The summed E-state index contributed by atoms with van der Waals surface area (Å²) in [7, 11) is 0. The molecule has 0 aromatic heterocycles. The molecule has 0 unspecified atom stereocenters.